The van der Waals surface area contributed by atoms with Crippen LogP contribution in [-0.4, -0.2) is 18.8 Å². The summed E-state index contributed by atoms with van der Waals surface area (Å²) in [6, 6.07) is 0.464. The minimum atomic E-state index is 0.457. The molecule has 1 aliphatic heterocycles. The Morgan fingerprint density at radius 2 is 2.19 bits per heavy atom. The zero-order valence-electron chi connectivity index (χ0n) is 10.5. The molecule has 3 N–H and O–H groups in total. The first-order valence-corrected chi connectivity index (χ1v) is 6.87. The summed E-state index contributed by atoms with van der Waals surface area (Å²) in [6.07, 6.45) is 9.45. The van der Waals surface area contributed by atoms with Gasteiger partial charge in [0.05, 0.1) is 6.10 Å². The SMILES string of the molecule is CC1CCCC(C(CC2CCCO2)NN)C1. The summed E-state index contributed by atoms with van der Waals surface area (Å²) in [4.78, 5) is 0. The van der Waals surface area contributed by atoms with Crippen LogP contribution in [0.25, 0.3) is 0 Å². The van der Waals surface area contributed by atoms with Gasteiger partial charge in [-0.3, -0.25) is 11.3 Å². The normalized spacial score (nSPS) is 37.5. The average molecular weight is 226 g/mol. The second-order valence-electron chi connectivity index (χ2n) is 5.68. The molecule has 0 bridgehead atoms. The second kappa shape index (κ2) is 5.99. The minimum absolute atomic E-state index is 0.457. The van der Waals surface area contributed by atoms with Crippen LogP contribution in [0.15, 0.2) is 0 Å². The molecule has 4 atom stereocenters. The molecule has 2 fully saturated rings. The van der Waals surface area contributed by atoms with Crippen LogP contribution in [0.2, 0.25) is 0 Å². The fourth-order valence-electron chi connectivity index (χ4n) is 3.36. The standard InChI is InChI=1S/C13H26N2O/c1-10-4-2-5-11(8-10)13(15-14)9-12-6-3-7-16-12/h10-13,15H,2-9,14H2,1H3. The fraction of sp³-hybridized carbons (Fsp3) is 1.00. The smallest absolute Gasteiger partial charge is 0.0591 e. The predicted molar refractivity (Wildman–Crippen MR) is 65.8 cm³/mol. The van der Waals surface area contributed by atoms with Gasteiger partial charge in [0, 0.05) is 12.6 Å². The van der Waals surface area contributed by atoms with E-state index < -0.39 is 0 Å². The zero-order valence-corrected chi connectivity index (χ0v) is 10.5. The number of hydrogen-bond donors (Lipinski definition) is 2. The van der Waals surface area contributed by atoms with E-state index in [2.05, 4.69) is 12.3 Å². The maximum atomic E-state index is 5.72. The molecular formula is C13H26N2O. The Kier molecular flexibility index (Phi) is 4.62. The molecule has 0 aromatic rings. The van der Waals surface area contributed by atoms with Crippen LogP contribution >= 0.6 is 0 Å². The third kappa shape index (κ3) is 3.19. The number of ether oxygens (including phenoxy) is 1. The number of rotatable bonds is 4. The van der Waals surface area contributed by atoms with Crippen molar-refractivity contribution in [3.8, 4) is 0 Å². The third-order valence-corrected chi connectivity index (χ3v) is 4.30. The average Bonchev–Trinajstić information content (AvgIpc) is 2.78. The minimum Gasteiger partial charge on any atom is -0.378 e. The van der Waals surface area contributed by atoms with Gasteiger partial charge in [-0.1, -0.05) is 19.8 Å². The van der Waals surface area contributed by atoms with Crippen molar-refractivity contribution in [1.82, 2.24) is 5.43 Å². The molecule has 0 aromatic carbocycles. The Bertz CT molecular complexity index is 204. The van der Waals surface area contributed by atoms with Gasteiger partial charge < -0.3 is 4.74 Å². The first kappa shape index (κ1) is 12.3. The van der Waals surface area contributed by atoms with Gasteiger partial charge in [-0.2, -0.15) is 0 Å². The van der Waals surface area contributed by atoms with Gasteiger partial charge in [0.1, 0.15) is 0 Å². The van der Waals surface area contributed by atoms with Crippen molar-refractivity contribution in [2.75, 3.05) is 6.61 Å². The van der Waals surface area contributed by atoms with E-state index in [9.17, 15) is 0 Å². The number of nitrogens with two attached hydrogens (primary N) is 1. The molecular weight excluding hydrogens is 200 g/mol. The maximum absolute atomic E-state index is 5.72. The van der Waals surface area contributed by atoms with Crippen molar-refractivity contribution >= 4 is 0 Å². The molecule has 1 saturated heterocycles. The van der Waals surface area contributed by atoms with Crippen LogP contribution in [0.4, 0.5) is 0 Å². The van der Waals surface area contributed by atoms with Gasteiger partial charge in [-0.25, -0.2) is 0 Å². The van der Waals surface area contributed by atoms with Crippen molar-refractivity contribution in [3.63, 3.8) is 0 Å². The van der Waals surface area contributed by atoms with Crippen molar-refractivity contribution in [3.05, 3.63) is 0 Å². The Labute approximate surface area is 99.1 Å². The first-order chi connectivity index (χ1) is 7.79. The molecule has 0 amide bonds. The van der Waals surface area contributed by atoms with Crippen molar-refractivity contribution in [2.45, 2.75) is 64.0 Å². The van der Waals surface area contributed by atoms with Crippen molar-refractivity contribution in [2.24, 2.45) is 17.7 Å². The summed E-state index contributed by atoms with van der Waals surface area (Å²) in [5.74, 6) is 7.36. The largest absolute Gasteiger partial charge is 0.378 e. The molecule has 1 aliphatic carbocycles. The molecule has 16 heavy (non-hydrogen) atoms. The number of hydrogen-bond acceptors (Lipinski definition) is 3. The topological polar surface area (TPSA) is 47.3 Å². The Morgan fingerprint density at radius 1 is 1.31 bits per heavy atom. The van der Waals surface area contributed by atoms with E-state index in [-0.39, 0.29) is 0 Å². The van der Waals surface area contributed by atoms with Gasteiger partial charge in [-0.15, -0.1) is 0 Å². The number of hydrazine groups is 1. The summed E-state index contributed by atoms with van der Waals surface area (Å²) in [6.45, 7) is 3.31. The van der Waals surface area contributed by atoms with Crippen LogP contribution in [0.1, 0.15) is 51.9 Å². The molecule has 94 valence electrons. The first-order valence-electron chi connectivity index (χ1n) is 6.87. The van der Waals surface area contributed by atoms with Crippen LogP contribution in [0.3, 0.4) is 0 Å². The molecule has 2 aliphatic rings. The molecule has 0 radical (unpaired) electrons. The molecule has 2 rings (SSSR count). The molecule has 1 saturated carbocycles. The molecule has 3 nitrogen and oxygen atoms in total. The summed E-state index contributed by atoms with van der Waals surface area (Å²) in [5, 5.41) is 0. The Morgan fingerprint density at radius 3 is 2.81 bits per heavy atom. The van der Waals surface area contributed by atoms with Gasteiger partial charge in [-0.05, 0) is 43.9 Å². The van der Waals surface area contributed by atoms with Crippen LogP contribution in [0, 0.1) is 11.8 Å². The van der Waals surface area contributed by atoms with Crippen LogP contribution < -0.4 is 11.3 Å². The molecule has 0 spiro atoms. The lowest BCUT2D eigenvalue weighted by molar-refractivity contribution is 0.0797. The summed E-state index contributed by atoms with van der Waals surface area (Å²) < 4.78 is 5.71. The van der Waals surface area contributed by atoms with E-state index in [4.69, 9.17) is 10.6 Å². The van der Waals surface area contributed by atoms with E-state index in [1.807, 2.05) is 0 Å². The summed E-state index contributed by atoms with van der Waals surface area (Å²) in [5.41, 5.74) is 3.04. The van der Waals surface area contributed by atoms with E-state index in [1.54, 1.807) is 0 Å². The van der Waals surface area contributed by atoms with Gasteiger partial charge in [0.2, 0.25) is 0 Å². The van der Waals surface area contributed by atoms with E-state index in [0.717, 1.165) is 24.9 Å². The molecule has 1 heterocycles. The molecule has 3 heteroatoms. The highest BCUT2D eigenvalue weighted by Crippen LogP contribution is 2.33. The Hall–Kier alpha value is -0.120. The lowest BCUT2D eigenvalue weighted by Gasteiger charge is -2.34. The highest BCUT2D eigenvalue weighted by Gasteiger charge is 2.29. The van der Waals surface area contributed by atoms with Gasteiger partial charge in [0.15, 0.2) is 0 Å². The van der Waals surface area contributed by atoms with Gasteiger partial charge >= 0.3 is 0 Å². The van der Waals surface area contributed by atoms with Crippen LogP contribution in [0.5, 0.6) is 0 Å². The predicted octanol–water partition coefficient (Wildman–Crippen LogP) is 2.21. The van der Waals surface area contributed by atoms with E-state index in [1.165, 1.54) is 38.5 Å². The lowest BCUT2D eigenvalue weighted by atomic mass is 9.77. The van der Waals surface area contributed by atoms with Gasteiger partial charge in [0.25, 0.3) is 0 Å². The fourth-order valence-corrected chi connectivity index (χ4v) is 3.36. The number of nitrogens with one attached hydrogen (secondary N) is 1. The molecule has 0 aromatic heterocycles. The quantitative estimate of drug-likeness (QED) is 0.571. The molecule has 4 unspecified atom stereocenters. The highest BCUT2D eigenvalue weighted by atomic mass is 16.5. The summed E-state index contributed by atoms with van der Waals surface area (Å²) in [7, 11) is 0. The second-order valence-corrected chi connectivity index (χ2v) is 5.68. The monoisotopic (exact) mass is 226 g/mol. The van der Waals surface area contributed by atoms with Crippen molar-refractivity contribution < 1.29 is 4.74 Å². The van der Waals surface area contributed by atoms with Crippen LogP contribution in [-0.2, 0) is 4.74 Å². The van der Waals surface area contributed by atoms with E-state index in [0.29, 0.717) is 12.1 Å². The summed E-state index contributed by atoms with van der Waals surface area (Å²) >= 11 is 0. The maximum Gasteiger partial charge on any atom is 0.0591 e. The third-order valence-electron chi connectivity index (χ3n) is 4.30. The van der Waals surface area contributed by atoms with E-state index >= 15 is 0 Å². The zero-order chi connectivity index (χ0) is 11.4. The highest BCUT2D eigenvalue weighted by molar-refractivity contribution is 4.83. The Balaban J connectivity index is 1.82. The lowest BCUT2D eigenvalue weighted by Crippen LogP contribution is -2.44. The van der Waals surface area contributed by atoms with Crippen molar-refractivity contribution in [1.29, 1.82) is 0 Å².